The van der Waals surface area contributed by atoms with Crippen molar-refractivity contribution >= 4 is 29.1 Å². The van der Waals surface area contributed by atoms with E-state index in [-0.39, 0.29) is 16.9 Å². The second kappa shape index (κ2) is 14.1. The molecule has 0 aliphatic carbocycles. The van der Waals surface area contributed by atoms with Crippen LogP contribution < -0.4 is 20.9 Å². The van der Waals surface area contributed by atoms with Crippen LogP contribution in [0.2, 0.25) is 0 Å². The number of nitrogens with one attached hydrogen (secondary N) is 3. The molecule has 2 aromatic rings. The van der Waals surface area contributed by atoms with E-state index >= 15 is 0 Å². The molecule has 0 aromatic heterocycles. The summed E-state index contributed by atoms with van der Waals surface area (Å²) in [6.45, 7) is 2.87. The van der Waals surface area contributed by atoms with Gasteiger partial charge in [-0.1, -0.05) is 62.9 Å². The first-order chi connectivity index (χ1) is 15.1. The number of hydrogen-bond donors (Lipinski definition) is 3. The van der Waals surface area contributed by atoms with Crippen LogP contribution in [0.1, 0.15) is 61.4 Å². The van der Waals surface area contributed by atoms with Crippen LogP contribution in [-0.2, 0) is 11.2 Å². The second-order valence-electron chi connectivity index (χ2n) is 7.23. The van der Waals surface area contributed by atoms with Crippen LogP contribution in [0.4, 0.5) is 0 Å². The van der Waals surface area contributed by atoms with Crippen molar-refractivity contribution < 1.29 is 14.3 Å². The molecule has 7 heteroatoms. The average molecular weight is 442 g/mol. The Bertz CT molecular complexity index is 826. The zero-order valence-corrected chi connectivity index (χ0v) is 18.8. The molecule has 0 bridgehead atoms. The van der Waals surface area contributed by atoms with Crippen molar-refractivity contribution in [2.24, 2.45) is 0 Å². The van der Waals surface area contributed by atoms with Gasteiger partial charge in [-0.25, -0.2) is 0 Å². The molecule has 3 N–H and O–H groups in total. The van der Waals surface area contributed by atoms with Gasteiger partial charge in [-0.05, 0) is 54.9 Å². The predicted octanol–water partition coefficient (Wildman–Crippen LogP) is 4.30. The van der Waals surface area contributed by atoms with E-state index in [1.54, 1.807) is 24.3 Å². The van der Waals surface area contributed by atoms with Crippen molar-refractivity contribution in [3.8, 4) is 5.75 Å². The molecule has 0 aliphatic heterocycles. The maximum absolute atomic E-state index is 12.3. The summed E-state index contributed by atoms with van der Waals surface area (Å²) in [4.78, 5) is 24.2. The third-order valence-electron chi connectivity index (χ3n) is 4.66. The number of rotatable bonds is 11. The topological polar surface area (TPSA) is 79.5 Å². The van der Waals surface area contributed by atoms with Gasteiger partial charge in [0.25, 0.3) is 5.91 Å². The Morgan fingerprint density at radius 2 is 1.61 bits per heavy atom. The maximum atomic E-state index is 12.3. The lowest BCUT2D eigenvalue weighted by molar-refractivity contribution is -0.121. The van der Waals surface area contributed by atoms with E-state index in [0.717, 1.165) is 17.7 Å². The standard InChI is InChI=1S/C24H31N3O3S/c1-2-3-4-5-9-18-30-21-15-13-20(14-16-21)23(29)25-24(31)27-26-22(28)17-12-19-10-7-6-8-11-19/h6-8,10-11,13-16H,2-5,9,12,17-18H2,1H3,(H,26,28)(H2,25,27,29,31). The fourth-order valence-corrected chi connectivity index (χ4v) is 3.04. The summed E-state index contributed by atoms with van der Waals surface area (Å²) in [5, 5.41) is 2.58. The Hall–Kier alpha value is -2.93. The first-order valence-corrected chi connectivity index (χ1v) is 11.2. The minimum atomic E-state index is -0.359. The molecule has 2 aromatic carbocycles. The van der Waals surface area contributed by atoms with Crippen LogP contribution in [0.25, 0.3) is 0 Å². The summed E-state index contributed by atoms with van der Waals surface area (Å²) in [6, 6.07) is 16.6. The van der Waals surface area contributed by atoms with Crippen molar-refractivity contribution in [3.63, 3.8) is 0 Å². The molecule has 2 rings (SSSR count). The number of ether oxygens (including phenoxy) is 1. The van der Waals surface area contributed by atoms with E-state index in [1.165, 1.54) is 25.7 Å². The van der Waals surface area contributed by atoms with E-state index in [1.807, 2.05) is 30.3 Å². The molecule has 31 heavy (non-hydrogen) atoms. The zero-order chi connectivity index (χ0) is 22.3. The minimum absolute atomic E-state index is 0.0328. The average Bonchev–Trinajstić information content (AvgIpc) is 2.79. The van der Waals surface area contributed by atoms with E-state index in [4.69, 9.17) is 17.0 Å². The number of benzene rings is 2. The minimum Gasteiger partial charge on any atom is -0.494 e. The summed E-state index contributed by atoms with van der Waals surface area (Å²) < 4.78 is 5.70. The monoisotopic (exact) mass is 441 g/mol. The van der Waals surface area contributed by atoms with Crippen LogP contribution >= 0.6 is 12.2 Å². The van der Waals surface area contributed by atoms with Crippen molar-refractivity contribution in [2.45, 2.75) is 51.9 Å². The summed E-state index contributed by atoms with van der Waals surface area (Å²) >= 11 is 5.07. The van der Waals surface area contributed by atoms with Gasteiger partial charge in [0.1, 0.15) is 5.75 Å². The molecule has 0 radical (unpaired) electrons. The number of aryl methyl sites for hydroxylation is 1. The van der Waals surface area contributed by atoms with E-state index in [0.29, 0.717) is 25.0 Å². The smallest absolute Gasteiger partial charge is 0.257 e. The van der Waals surface area contributed by atoms with Crippen LogP contribution in [0, 0.1) is 0 Å². The number of carbonyl (C=O) groups excluding carboxylic acids is 2. The quantitative estimate of drug-likeness (QED) is 0.275. The maximum Gasteiger partial charge on any atom is 0.257 e. The molecule has 0 saturated carbocycles. The van der Waals surface area contributed by atoms with Gasteiger partial charge in [-0.3, -0.25) is 25.8 Å². The van der Waals surface area contributed by atoms with Gasteiger partial charge in [0, 0.05) is 12.0 Å². The molecule has 0 spiro atoms. The van der Waals surface area contributed by atoms with Crippen LogP contribution in [0.3, 0.4) is 0 Å². The number of hydrogen-bond acceptors (Lipinski definition) is 4. The molecule has 166 valence electrons. The van der Waals surface area contributed by atoms with Crippen molar-refractivity contribution in [1.82, 2.24) is 16.2 Å². The molecule has 6 nitrogen and oxygen atoms in total. The zero-order valence-electron chi connectivity index (χ0n) is 18.0. The number of carbonyl (C=O) groups is 2. The summed E-state index contributed by atoms with van der Waals surface area (Å²) in [6.07, 6.45) is 6.86. The van der Waals surface area contributed by atoms with Gasteiger partial charge in [0.2, 0.25) is 5.91 Å². The van der Waals surface area contributed by atoms with Gasteiger partial charge in [0.05, 0.1) is 6.61 Å². The van der Waals surface area contributed by atoms with Crippen LogP contribution in [-0.4, -0.2) is 23.5 Å². The highest BCUT2D eigenvalue weighted by atomic mass is 32.1. The highest BCUT2D eigenvalue weighted by Gasteiger charge is 2.09. The number of thiocarbonyl (C=S) groups is 1. The van der Waals surface area contributed by atoms with E-state index < -0.39 is 0 Å². The number of amides is 2. The largest absolute Gasteiger partial charge is 0.494 e. The molecule has 2 amide bonds. The lowest BCUT2D eigenvalue weighted by Gasteiger charge is -2.11. The van der Waals surface area contributed by atoms with Crippen LogP contribution in [0.5, 0.6) is 5.75 Å². The molecular formula is C24H31N3O3S. The highest BCUT2D eigenvalue weighted by molar-refractivity contribution is 7.80. The Morgan fingerprint density at radius 1 is 0.903 bits per heavy atom. The fourth-order valence-electron chi connectivity index (χ4n) is 2.90. The van der Waals surface area contributed by atoms with Crippen molar-refractivity contribution in [2.75, 3.05) is 6.61 Å². The Balaban J connectivity index is 1.64. The molecule has 0 unspecified atom stereocenters. The lowest BCUT2D eigenvalue weighted by Crippen LogP contribution is -2.48. The first-order valence-electron chi connectivity index (χ1n) is 10.8. The summed E-state index contributed by atoms with van der Waals surface area (Å²) in [7, 11) is 0. The summed E-state index contributed by atoms with van der Waals surface area (Å²) in [5.41, 5.74) is 6.58. The molecule has 0 aliphatic rings. The van der Waals surface area contributed by atoms with Gasteiger partial charge < -0.3 is 4.74 Å². The fraction of sp³-hybridized carbons (Fsp3) is 0.375. The SMILES string of the molecule is CCCCCCCOc1ccc(C(=O)NC(=S)NNC(=O)CCc2ccccc2)cc1. The van der Waals surface area contributed by atoms with E-state index in [9.17, 15) is 9.59 Å². The van der Waals surface area contributed by atoms with Gasteiger partial charge >= 0.3 is 0 Å². The molecule has 0 atom stereocenters. The van der Waals surface area contributed by atoms with Crippen molar-refractivity contribution in [3.05, 3.63) is 65.7 Å². The molecule has 0 heterocycles. The lowest BCUT2D eigenvalue weighted by atomic mass is 10.1. The predicted molar refractivity (Wildman–Crippen MR) is 127 cm³/mol. The highest BCUT2D eigenvalue weighted by Crippen LogP contribution is 2.13. The van der Waals surface area contributed by atoms with Crippen molar-refractivity contribution in [1.29, 1.82) is 0 Å². The van der Waals surface area contributed by atoms with Gasteiger partial charge in [0.15, 0.2) is 5.11 Å². The third-order valence-corrected chi connectivity index (χ3v) is 4.86. The Labute approximate surface area is 189 Å². The van der Waals surface area contributed by atoms with Gasteiger partial charge in [-0.15, -0.1) is 0 Å². The van der Waals surface area contributed by atoms with E-state index in [2.05, 4.69) is 23.1 Å². The normalized spacial score (nSPS) is 10.2. The molecule has 0 fully saturated rings. The molecular weight excluding hydrogens is 410 g/mol. The Morgan fingerprint density at radius 3 is 2.32 bits per heavy atom. The van der Waals surface area contributed by atoms with Gasteiger partial charge in [-0.2, -0.15) is 0 Å². The number of hydrazine groups is 1. The Kier molecular flexibility index (Phi) is 11.1. The van der Waals surface area contributed by atoms with Crippen LogP contribution in [0.15, 0.2) is 54.6 Å². The third kappa shape index (κ3) is 10.1. The first kappa shape index (κ1) is 24.3. The summed E-state index contributed by atoms with van der Waals surface area (Å²) in [5.74, 6) is 0.164. The number of unbranched alkanes of at least 4 members (excludes halogenated alkanes) is 4. The molecule has 0 saturated heterocycles. The second-order valence-corrected chi connectivity index (χ2v) is 7.64.